The second-order valence-corrected chi connectivity index (χ2v) is 9.02. The quantitative estimate of drug-likeness (QED) is 0.366. The van der Waals surface area contributed by atoms with Gasteiger partial charge in [0.1, 0.15) is 4.88 Å². The topological polar surface area (TPSA) is 49.8 Å². The highest BCUT2D eigenvalue weighted by molar-refractivity contribution is 7.13. The summed E-state index contributed by atoms with van der Waals surface area (Å²) in [7, 11) is 0. The van der Waals surface area contributed by atoms with Crippen molar-refractivity contribution in [3.05, 3.63) is 57.8 Å². The van der Waals surface area contributed by atoms with Gasteiger partial charge in [-0.25, -0.2) is 4.79 Å². The molecule has 0 aliphatic carbocycles. The Hall–Kier alpha value is -1.82. The minimum atomic E-state index is -0.896. The number of carboxylic acids is 1. The van der Waals surface area contributed by atoms with Crippen LogP contribution in [0.15, 0.2) is 42.5 Å². The highest BCUT2D eigenvalue weighted by Crippen LogP contribution is 2.30. The fourth-order valence-corrected chi connectivity index (χ4v) is 4.59. The van der Waals surface area contributed by atoms with E-state index in [0.717, 1.165) is 30.0 Å². The number of nitrogens with zero attached hydrogens (tertiary/aromatic N) is 1. The molecule has 1 aliphatic rings. The van der Waals surface area contributed by atoms with Gasteiger partial charge in [0.2, 0.25) is 0 Å². The summed E-state index contributed by atoms with van der Waals surface area (Å²) in [6, 6.07) is 12.1. The highest BCUT2D eigenvalue weighted by atomic mass is 35.5. The van der Waals surface area contributed by atoms with Crippen LogP contribution in [0.4, 0.5) is 5.69 Å². The first kappa shape index (κ1) is 21.9. The maximum Gasteiger partial charge on any atom is 0.345 e. The van der Waals surface area contributed by atoms with Crippen molar-refractivity contribution < 1.29 is 14.6 Å². The molecule has 156 valence electrons. The molecule has 1 fully saturated rings. The molecule has 1 aromatic carbocycles. The fraction of sp³-hybridized carbons (Fsp3) is 0.435. The Balaban J connectivity index is 1.55. The van der Waals surface area contributed by atoms with Gasteiger partial charge in [-0.2, -0.15) is 0 Å². The minimum Gasteiger partial charge on any atom is -0.477 e. The van der Waals surface area contributed by atoms with Crippen molar-refractivity contribution in [3.63, 3.8) is 0 Å². The number of aromatic carboxylic acids is 1. The predicted molar refractivity (Wildman–Crippen MR) is 121 cm³/mol. The van der Waals surface area contributed by atoms with Gasteiger partial charge < -0.3 is 14.7 Å². The largest absolute Gasteiger partial charge is 0.477 e. The number of carbonyl (C=O) groups is 1. The van der Waals surface area contributed by atoms with E-state index in [0.29, 0.717) is 18.1 Å². The van der Waals surface area contributed by atoms with Gasteiger partial charge in [0.05, 0.1) is 24.6 Å². The van der Waals surface area contributed by atoms with E-state index < -0.39 is 5.97 Å². The molecule has 0 radical (unpaired) electrons. The van der Waals surface area contributed by atoms with Gasteiger partial charge in [-0.3, -0.25) is 0 Å². The normalized spacial score (nSPS) is 19.3. The van der Waals surface area contributed by atoms with E-state index in [1.807, 2.05) is 6.07 Å². The van der Waals surface area contributed by atoms with Crippen LogP contribution in [0.5, 0.6) is 0 Å². The Bertz CT molecular complexity index is 818. The molecule has 29 heavy (non-hydrogen) atoms. The number of rotatable bonds is 10. The molecule has 1 aliphatic heterocycles. The van der Waals surface area contributed by atoms with E-state index in [2.05, 4.69) is 48.2 Å². The Morgan fingerprint density at radius 2 is 2.10 bits per heavy atom. The van der Waals surface area contributed by atoms with Crippen LogP contribution in [0, 0.1) is 0 Å². The van der Waals surface area contributed by atoms with E-state index in [-0.39, 0.29) is 11.4 Å². The van der Waals surface area contributed by atoms with E-state index >= 15 is 0 Å². The van der Waals surface area contributed by atoms with Crippen LogP contribution in [0.2, 0.25) is 0 Å². The molecule has 1 saturated heterocycles. The van der Waals surface area contributed by atoms with Crippen LogP contribution in [-0.4, -0.2) is 35.6 Å². The number of alkyl halides is 1. The predicted octanol–water partition coefficient (Wildman–Crippen LogP) is 6.05. The van der Waals surface area contributed by atoms with Crippen molar-refractivity contribution in [1.29, 1.82) is 0 Å². The van der Waals surface area contributed by atoms with Crippen LogP contribution < -0.4 is 4.90 Å². The van der Waals surface area contributed by atoms with Crippen LogP contribution in [0.1, 0.15) is 52.7 Å². The standard InChI is InChI=1S/C23H28ClNO3S/c1-2-3-4-5-6-17-7-9-18(10-8-17)25-14-13-20(24)21(25)16-28-15-19-11-12-22(29-19)23(26)27/h5-12,20-21H,2-4,13-16H2,1H3,(H,26,27)/b6-5+/t20-,21+/m1/s1. The number of allylic oxidation sites excluding steroid dienone is 1. The number of ether oxygens (including phenoxy) is 1. The number of anilines is 1. The van der Waals surface area contributed by atoms with Crippen LogP contribution >= 0.6 is 22.9 Å². The Kier molecular flexibility index (Phi) is 8.16. The first-order chi connectivity index (χ1) is 14.1. The first-order valence-electron chi connectivity index (χ1n) is 10.2. The van der Waals surface area contributed by atoms with Gasteiger partial charge in [0.15, 0.2) is 0 Å². The van der Waals surface area contributed by atoms with Crippen LogP contribution in [-0.2, 0) is 11.3 Å². The van der Waals surface area contributed by atoms with Crippen molar-refractivity contribution >= 4 is 40.7 Å². The van der Waals surface area contributed by atoms with Crippen LogP contribution in [0.3, 0.4) is 0 Å². The summed E-state index contributed by atoms with van der Waals surface area (Å²) in [6.45, 7) is 4.05. The van der Waals surface area contributed by atoms with Crippen molar-refractivity contribution in [1.82, 2.24) is 0 Å². The smallest absolute Gasteiger partial charge is 0.345 e. The molecule has 1 aromatic heterocycles. The lowest BCUT2D eigenvalue weighted by atomic mass is 10.1. The summed E-state index contributed by atoms with van der Waals surface area (Å²) in [4.78, 5) is 14.6. The average molecular weight is 434 g/mol. The molecule has 2 atom stereocenters. The van der Waals surface area contributed by atoms with Crippen molar-refractivity contribution in [2.24, 2.45) is 0 Å². The fourth-order valence-electron chi connectivity index (χ4n) is 3.50. The molecule has 3 rings (SSSR count). The summed E-state index contributed by atoms with van der Waals surface area (Å²) in [6.07, 6.45) is 8.91. The van der Waals surface area contributed by atoms with Gasteiger partial charge in [-0.15, -0.1) is 22.9 Å². The number of thiophene rings is 1. The number of hydrogen-bond donors (Lipinski definition) is 1. The van der Waals surface area contributed by atoms with Gasteiger partial charge >= 0.3 is 5.97 Å². The summed E-state index contributed by atoms with van der Waals surface area (Å²) < 4.78 is 5.90. The summed E-state index contributed by atoms with van der Waals surface area (Å²) in [5, 5.41) is 9.07. The molecule has 2 aromatic rings. The zero-order chi connectivity index (χ0) is 20.6. The van der Waals surface area contributed by atoms with Crippen molar-refractivity contribution in [2.45, 2.75) is 50.6 Å². The lowest BCUT2D eigenvalue weighted by molar-refractivity contribution is 0.0702. The molecule has 1 N–H and O–H groups in total. The number of carboxylic acid groups (broad SMARTS) is 1. The lowest BCUT2D eigenvalue weighted by Gasteiger charge is -2.28. The Morgan fingerprint density at radius 1 is 1.31 bits per heavy atom. The maximum atomic E-state index is 11.0. The van der Waals surface area contributed by atoms with E-state index in [9.17, 15) is 4.79 Å². The first-order valence-corrected chi connectivity index (χ1v) is 11.4. The highest BCUT2D eigenvalue weighted by Gasteiger charge is 2.33. The number of unbranched alkanes of at least 4 members (excludes halogenated alkanes) is 2. The second-order valence-electron chi connectivity index (χ2n) is 7.29. The average Bonchev–Trinajstić information content (AvgIpc) is 3.33. The summed E-state index contributed by atoms with van der Waals surface area (Å²) in [5.74, 6) is -0.896. The van der Waals surface area contributed by atoms with Crippen LogP contribution in [0.25, 0.3) is 6.08 Å². The maximum absolute atomic E-state index is 11.0. The number of halogens is 1. The minimum absolute atomic E-state index is 0.0431. The summed E-state index contributed by atoms with van der Waals surface area (Å²) in [5.41, 5.74) is 2.38. The Morgan fingerprint density at radius 3 is 2.79 bits per heavy atom. The molecule has 0 unspecified atom stereocenters. The van der Waals surface area contributed by atoms with Gasteiger partial charge in [-0.05, 0) is 42.7 Å². The molecule has 2 heterocycles. The monoisotopic (exact) mass is 433 g/mol. The zero-order valence-corrected chi connectivity index (χ0v) is 18.3. The van der Waals surface area contributed by atoms with Crippen molar-refractivity contribution in [3.8, 4) is 0 Å². The van der Waals surface area contributed by atoms with E-state index in [4.69, 9.17) is 21.4 Å². The third-order valence-electron chi connectivity index (χ3n) is 5.13. The molecular weight excluding hydrogens is 406 g/mol. The molecule has 0 saturated carbocycles. The van der Waals surface area contributed by atoms with Gasteiger partial charge in [0.25, 0.3) is 0 Å². The number of hydrogen-bond acceptors (Lipinski definition) is 4. The second kappa shape index (κ2) is 10.8. The molecule has 4 nitrogen and oxygen atoms in total. The Labute approximate surface area is 181 Å². The molecule has 0 spiro atoms. The van der Waals surface area contributed by atoms with Gasteiger partial charge in [0, 0.05) is 17.1 Å². The molecule has 0 amide bonds. The van der Waals surface area contributed by atoms with E-state index in [1.54, 1.807) is 6.07 Å². The van der Waals surface area contributed by atoms with Crippen molar-refractivity contribution in [2.75, 3.05) is 18.1 Å². The lowest BCUT2D eigenvalue weighted by Crippen LogP contribution is -2.37. The molecule has 0 bridgehead atoms. The molecule has 6 heteroatoms. The third kappa shape index (κ3) is 6.08. The number of benzene rings is 1. The van der Waals surface area contributed by atoms with E-state index in [1.165, 1.54) is 29.7 Å². The summed E-state index contributed by atoms with van der Waals surface area (Å²) >= 11 is 7.83. The van der Waals surface area contributed by atoms with Gasteiger partial charge in [-0.1, -0.05) is 44.1 Å². The third-order valence-corrected chi connectivity index (χ3v) is 6.68. The zero-order valence-electron chi connectivity index (χ0n) is 16.7. The SMILES string of the molecule is CCCC/C=C/c1ccc(N2CC[C@@H](Cl)[C@@H]2COCc2ccc(C(=O)O)s2)cc1. The molecular formula is C23H28ClNO3S.